The quantitative estimate of drug-likeness (QED) is 0.578. The third-order valence-electron chi connectivity index (χ3n) is 3.74. The van der Waals surface area contributed by atoms with Crippen molar-refractivity contribution in [2.24, 2.45) is 5.73 Å². The van der Waals surface area contributed by atoms with Crippen molar-refractivity contribution in [1.29, 1.82) is 0 Å². The first-order valence-corrected chi connectivity index (χ1v) is 7.53. The van der Waals surface area contributed by atoms with Gasteiger partial charge in [-0.2, -0.15) is 0 Å². The lowest BCUT2D eigenvalue weighted by Crippen LogP contribution is -2.34. The zero-order valence-corrected chi connectivity index (χ0v) is 13.1. The van der Waals surface area contributed by atoms with Gasteiger partial charge >= 0.3 is 6.03 Å². The van der Waals surface area contributed by atoms with Gasteiger partial charge in [-0.25, -0.2) is 4.79 Å². The van der Waals surface area contributed by atoms with E-state index < -0.39 is 6.03 Å². The molecule has 1 aromatic heterocycles. The molecule has 0 radical (unpaired) electrons. The second kappa shape index (κ2) is 7.53. The van der Waals surface area contributed by atoms with Gasteiger partial charge in [-0.3, -0.25) is 4.79 Å². The summed E-state index contributed by atoms with van der Waals surface area (Å²) in [4.78, 5) is 27.2. The van der Waals surface area contributed by atoms with E-state index in [0.717, 1.165) is 16.5 Å². The van der Waals surface area contributed by atoms with Gasteiger partial charge in [0.25, 0.3) is 0 Å². The van der Waals surface area contributed by atoms with E-state index in [1.54, 1.807) is 19.2 Å². The third-order valence-corrected chi connectivity index (χ3v) is 3.74. The first-order chi connectivity index (χ1) is 11.0. The molecule has 7 heteroatoms. The van der Waals surface area contributed by atoms with Crippen LogP contribution in [0.1, 0.15) is 18.4 Å². The Kier molecular flexibility index (Phi) is 5.46. The molecular formula is C16H22N4O3. The molecular weight excluding hydrogens is 296 g/mol. The zero-order valence-electron chi connectivity index (χ0n) is 13.1. The van der Waals surface area contributed by atoms with Crippen LogP contribution in [0.25, 0.3) is 10.9 Å². The number of rotatable bonds is 7. The molecule has 0 saturated heterocycles. The summed E-state index contributed by atoms with van der Waals surface area (Å²) in [5.74, 6) is 0.169. The second-order valence-corrected chi connectivity index (χ2v) is 5.51. The molecule has 2 rings (SSSR count). The second-order valence-electron chi connectivity index (χ2n) is 5.51. The summed E-state index contributed by atoms with van der Waals surface area (Å²) in [5.41, 5.74) is 7.05. The largest absolute Gasteiger partial charge is 0.508 e. The van der Waals surface area contributed by atoms with E-state index in [4.69, 9.17) is 5.73 Å². The van der Waals surface area contributed by atoms with E-state index in [0.29, 0.717) is 32.4 Å². The number of aromatic hydroxyl groups is 1. The van der Waals surface area contributed by atoms with Gasteiger partial charge in [0.15, 0.2) is 0 Å². The number of nitrogens with two attached hydrogens (primary N) is 1. The number of phenols is 1. The Labute approximate surface area is 134 Å². The highest BCUT2D eigenvalue weighted by Crippen LogP contribution is 2.23. The third kappa shape index (κ3) is 4.64. The molecule has 1 heterocycles. The molecule has 0 aliphatic carbocycles. The van der Waals surface area contributed by atoms with Crippen molar-refractivity contribution in [3.05, 3.63) is 30.0 Å². The molecule has 124 valence electrons. The molecule has 0 spiro atoms. The minimum Gasteiger partial charge on any atom is -0.508 e. The van der Waals surface area contributed by atoms with E-state index >= 15 is 0 Å². The van der Waals surface area contributed by atoms with Crippen molar-refractivity contribution in [3.8, 4) is 5.75 Å². The minimum absolute atomic E-state index is 0.0405. The van der Waals surface area contributed by atoms with Crippen molar-refractivity contribution in [1.82, 2.24) is 15.2 Å². The van der Waals surface area contributed by atoms with Crippen molar-refractivity contribution in [2.75, 3.05) is 20.1 Å². The van der Waals surface area contributed by atoms with Gasteiger partial charge in [0, 0.05) is 43.7 Å². The van der Waals surface area contributed by atoms with Crippen LogP contribution >= 0.6 is 0 Å². The maximum Gasteiger partial charge on any atom is 0.314 e. The number of carbonyl (C=O) groups is 2. The van der Waals surface area contributed by atoms with Gasteiger partial charge in [-0.05, 0) is 36.6 Å². The number of hydrogen-bond donors (Lipinski definition) is 4. The fraction of sp³-hybridized carbons (Fsp3) is 0.375. The minimum atomic E-state index is -0.473. The molecule has 0 aliphatic rings. The van der Waals surface area contributed by atoms with Crippen molar-refractivity contribution < 1.29 is 14.7 Å². The Morgan fingerprint density at radius 1 is 1.39 bits per heavy atom. The highest BCUT2D eigenvalue weighted by atomic mass is 16.3. The SMILES string of the molecule is CN(CCCNC(=O)CCc1c[nH]c2ccc(O)cc12)C(N)=O. The number of urea groups is 1. The van der Waals surface area contributed by atoms with Crippen molar-refractivity contribution in [3.63, 3.8) is 0 Å². The van der Waals surface area contributed by atoms with Gasteiger partial charge in [0.05, 0.1) is 0 Å². The molecule has 0 aliphatic heterocycles. The van der Waals surface area contributed by atoms with Gasteiger partial charge in [0.2, 0.25) is 5.91 Å². The number of fused-ring (bicyclic) bond motifs is 1. The number of phenolic OH excluding ortho intramolecular Hbond substituents is 1. The number of carbonyl (C=O) groups excluding carboxylic acids is 2. The number of aromatic amines is 1. The zero-order chi connectivity index (χ0) is 16.8. The predicted octanol–water partition coefficient (Wildman–Crippen LogP) is 1.32. The Balaban J connectivity index is 1.75. The number of benzene rings is 1. The predicted molar refractivity (Wildman–Crippen MR) is 88.1 cm³/mol. The molecule has 0 unspecified atom stereocenters. The highest BCUT2D eigenvalue weighted by Gasteiger charge is 2.08. The molecule has 0 saturated carbocycles. The monoisotopic (exact) mass is 318 g/mol. The maximum absolute atomic E-state index is 11.8. The van der Waals surface area contributed by atoms with Crippen LogP contribution in [0, 0.1) is 0 Å². The molecule has 23 heavy (non-hydrogen) atoms. The van der Waals surface area contributed by atoms with Crippen LogP contribution in [-0.4, -0.2) is 47.1 Å². The van der Waals surface area contributed by atoms with Crippen molar-refractivity contribution in [2.45, 2.75) is 19.3 Å². The number of nitrogens with zero attached hydrogens (tertiary/aromatic N) is 1. The topological polar surface area (TPSA) is 111 Å². The van der Waals surface area contributed by atoms with Crippen LogP contribution in [-0.2, 0) is 11.2 Å². The normalized spacial score (nSPS) is 10.7. The van der Waals surface area contributed by atoms with Gasteiger partial charge in [-0.1, -0.05) is 0 Å². The highest BCUT2D eigenvalue weighted by molar-refractivity contribution is 5.85. The van der Waals surface area contributed by atoms with E-state index in [2.05, 4.69) is 10.3 Å². The standard InChI is InChI=1S/C16H22N4O3/c1-20(16(17)23)8-2-7-18-15(22)6-3-11-10-19-14-5-4-12(21)9-13(11)14/h4-5,9-10,19,21H,2-3,6-8H2,1H3,(H2,17,23)(H,18,22). The fourth-order valence-corrected chi connectivity index (χ4v) is 2.36. The van der Waals surface area contributed by atoms with E-state index in [9.17, 15) is 14.7 Å². The number of aromatic nitrogens is 1. The van der Waals surface area contributed by atoms with Crippen molar-refractivity contribution >= 4 is 22.8 Å². The lowest BCUT2D eigenvalue weighted by Gasteiger charge is -2.13. The molecule has 0 atom stereocenters. The maximum atomic E-state index is 11.8. The number of primary amides is 1. The van der Waals surface area contributed by atoms with E-state index in [1.807, 2.05) is 12.3 Å². The van der Waals surface area contributed by atoms with Gasteiger partial charge < -0.3 is 26.0 Å². The first-order valence-electron chi connectivity index (χ1n) is 7.53. The van der Waals surface area contributed by atoms with Gasteiger partial charge in [-0.15, -0.1) is 0 Å². The first kappa shape index (κ1) is 16.7. The molecule has 0 bridgehead atoms. The van der Waals surface area contributed by atoms with E-state index in [-0.39, 0.29) is 11.7 Å². The lowest BCUT2D eigenvalue weighted by atomic mass is 10.1. The Hall–Kier alpha value is -2.70. The average Bonchev–Trinajstić information content (AvgIpc) is 2.91. The molecule has 7 nitrogen and oxygen atoms in total. The van der Waals surface area contributed by atoms with Crippen LogP contribution < -0.4 is 11.1 Å². The summed E-state index contributed by atoms with van der Waals surface area (Å²) in [6, 6.07) is 4.65. The van der Waals surface area contributed by atoms with Crippen LogP contribution in [0.15, 0.2) is 24.4 Å². The molecule has 3 amide bonds. The smallest absolute Gasteiger partial charge is 0.314 e. The number of amides is 3. The summed E-state index contributed by atoms with van der Waals surface area (Å²) in [7, 11) is 1.62. The van der Waals surface area contributed by atoms with Crippen LogP contribution in [0.4, 0.5) is 4.79 Å². The summed E-state index contributed by atoms with van der Waals surface area (Å²) in [6.07, 6.45) is 3.48. The summed E-state index contributed by atoms with van der Waals surface area (Å²) in [6.45, 7) is 1.02. The van der Waals surface area contributed by atoms with Crippen LogP contribution in [0.2, 0.25) is 0 Å². The number of nitrogens with one attached hydrogen (secondary N) is 2. The molecule has 5 N–H and O–H groups in total. The summed E-state index contributed by atoms with van der Waals surface area (Å²) >= 11 is 0. The fourth-order valence-electron chi connectivity index (χ4n) is 2.36. The number of hydrogen-bond acceptors (Lipinski definition) is 3. The summed E-state index contributed by atoms with van der Waals surface area (Å²) < 4.78 is 0. The Morgan fingerprint density at radius 3 is 2.91 bits per heavy atom. The molecule has 2 aromatic rings. The Morgan fingerprint density at radius 2 is 2.17 bits per heavy atom. The molecule has 1 aromatic carbocycles. The summed E-state index contributed by atoms with van der Waals surface area (Å²) in [5, 5.41) is 13.3. The van der Waals surface area contributed by atoms with E-state index in [1.165, 1.54) is 4.90 Å². The number of H-pyrrole nitrogens is 1. The average molecular weight is 318 g/mol. The van der Waals surface area contributed by atoms with Gasteiger partial charge in [0.1, 0.15) is 5.75 Å². The lowest BCUT2D eigenvalue weighted by molar-refractivity contribution is -0.121. The molecule has 0 fully saturated rings. The van der Waals surface area contributed by atoms with Crippen LogP contribution in [0.3, 0.4) is 0 Å². The number of aryl methyl sites for hydroxylation is 1. The van der Waals surface area contributed by atoms with Crippen LogP contribution in [0.5, 0.6) is 5.75 Å². The Bertz CT molecular complexity index is 696.